The monoisotopic (exact) mass is 478 g/mol. The van der Waals surface area contributed by atoms with Gasteiger partial charge in [-0.1, -0.05) is 36.7 Å². The second-order valence-corrected chi connectivity index (χ2v) is 8.44. The molecule has 0 fully saturated rings. The molecule has 2 N–H and O–H groups in total. The SMILES string of the molecule is CCc1nc(NC2=NCC(C)=C2)nc(Nc2ccc(CC(=O)Cc3ccc(F)c(Cl)c3)cc2)n1. The highest BCUT2D eigenvalue weighted by Crippen LogP contribution is 2.19. The number of hydrogen-bond acceptors (Lipinski definition) is 7. The van der Waals surface area contributed by atoms with Crippen molar-refractivity contribution in [1.29, 1.82) is 0 Å². The number of amidine groups is 1. The summed E-state index contributed by atoms with van der Waals surface area (Å²) in [6.45, 7) is 4.67. The van der Waals surface area contributed by atoms with Gasteiger partial charge in [0.1, 0.15) is 23.3 Å². The van der Waals surface area contributed by atoms with Gasteiger partial charge >= 0.3 is 0 Å². The zero-order valence-corrected chi connectivity index (χ0v) is 19.7. The predicted octanol–water partition coefficient (Wildman–Crippen LogP) is 5.09. The number of rotatable bonds is 8. The molecule has 3 aromatic rings. The van der Waals surface area contributed by atoms with Crippen molar-refractivity contribution in [3.63, 3.8) is 0 Å². The summed E-state index contributed by atoms with van der Waals surface area (Å²) in [7, 11) is 0. The minimum absolute atomic E-state index is 0.0169. The van der Waals surface area contributed by atoms with E-state index in [-0.39, 0.29) is 23.6 Å². The Hall–Kier alpha value is -3.65. The van der Waals surface area contributed by atoms with Crippen molar-refractivity contribution in [3.05, 3.63) is 81.9 Å². The number of aromatic nitrogens is 3. The molecule has 34 heavy (non-hydrogen) atoms. The Morgan fingerprint density at radius 1 is 1.00 bits per heavy atom. The van der Waals surface area contributed by atoms with E-state index in [2.05, 4.69) is 30.6 Å². The molecule has 0 atom stereocenters. The topological polar surface area (TPSA) is 92.2 Å². The van der Waals surface area contributed by atoms with Crippen LogP contribution in [0.15, 0.2) is 59.1 Å². The number of aryl methyl sites for hydroxylation is 1. The summed E-state index contributed by atoms with van der Waals surface area (Å²) in [5.74, 6) is 1.76. The average molecular weight is 479 g/mol. The van der Waals surface area contributed by atoms with Gasteiger partial charge in [0.25, 0.3) is 0 Å². The minimum Gasteiger partial charge on any atom is -0.324 e. The number of carbonyl (C=O) groups excluding carboxylic acids is 1. The standard InChI is InChI=1S/C25H24ClFN6O/c1-3-22-30-24(33-25(31-22)32-23-10-15(2)14-28-23)29-18-7-4-16(5-8-18)11-19(34)12-17-6-9-21(27)20(26)13-17/h4-10,13H,3,11-12,14H2,1-2H3,(H2,28,29,30,31,32,33). The molecule has 0 radical (unpaired) electrons. The summed E-state index contributed by atoms with van der Waals surface area (Å²) < 4.78 is 13.3. The Labute approximate surface area is 202 Å². The maximum Gasteiger partial charge on any atom is 0.233 e. The Kier molecular flexibility index (Phi) is 7.27. The lowest BCUT2D eigenvalue weighted by molar-refractivity contribution is -0.117. The van der Waals surface area contributed by atoms with Crippen LogP contribution in [0.3, 0.4) is 0 Å². The molecule has 2 aromatic carbocycles. The normalized spacial score (nSPS) is 12.8. The molecular weight excluding hydrogens is 455 g/mol. The Morgan fingerprint density at radius 3 is 2.32 bits per heavy atom. The third-order valence-electron chi connectivity index (χ3n) is 5.12. The molecule has 1 aliphatic rings. The first-order valence-corrected chi connectivity index (χ1v) is 11.3. The maximum atomic E-state index is 13.3. The molecule has 0 saturated carbocycles. The molecule has 0 bridgehead atoms. The zero-order valence-electron chi connectivity index (χ0n) is 18.9. The highest BCUT2D eigenvalue weighted by atomic mass is 35.5. The highest BCUT2D eigenvalue weighted by Gasteiger charge is 2.11. The van der Waals surface area contributed by atoms with Crippen molar-refractivity contribution in [1.82, 2.24) is 15.0 Å². The fourth-order valence-electron chi connectivity index (χ4n) is 3.42. The largest absolute Gasteiger partial charge is 0.324 e. The number of halogens is 2. The van der Waals surface area contributed by atoms with E-state index in [9.17, 15) is 9.18 Å². The summed E-state index contributed by atoms with van der Waals surface area (Å²) in [6, 6.07) is 11.8. The summed E-state index contributed by atoms with van der Waals surface area (Å²) >= 11 is 5.80. The van der Waals surface area contributed by atoms with Crippen molar-refractivity contribution in [2.24, 2.45) is 4.99 Å². The number of ketones is 1. The van der Waals surface area contributed by atoms with Crippen LogP contribution in [0.25, 0.3) is 0 Å². The molecule has 0 saturated heterocycles. The smallest absolute Gasteiger partial charge is 0.233 e. The van der Waals surface area contributed by atoms with Gasteiger partial charge in [-0.25, -0.2) is 4.39 Å². The van der Waals surface area contributed by atoms with Crippen molar-refractivity contribution in [2.45, 2.75) is 33.1 Å². The average Bonchev–Trinajstić information content (AvgIpc) is 3.21. The van der Waals surface area contributed by atoms with Gasteiger partial charge in [0.05, 0.1) is 11.6 Å². The molecular formula is C25H24ClFN6O. The molecule has 0 spiro atoms. The van der Waals surface area contributed by atoms with E-state index in [1.807, 2.05) is 44.2 Å². The molecule has 2 heterocycles. The van der Waals surface area contributed by atoms with E-state index in [4.69, 9.17) is 11.6 Å². The van der Waals surface area contributed by atoms with Crippen molar-refractivity contribution in [2.75, 3.05) is 17.2 Å². The molecule has 7 nitrogen and oxygen atoms in total. The molecule has 1 aliphatic heterocycles. The third-order valence-corrected chi connectivity index (χ3v) is 5.41. The fourth-order valence-corrected chi connectivity index (χ4v) is 3.62. The molecule has 9 heteroatoms. The number of anilines is 3. The number of nitrogens with zero attached hydrogens (tertiary/aromatic N) is 4. The van der Waals surface area contributed by atoms with E-state index >= 15 is 0 Å². The Balaban J connectivity index is 1.39. The first kappa shape index (κ1) is 23.5. The van der Waals surface area contributed by atoms with Crippen molar-refractivity contribution < 1.29 is 9.18 Å². The Bertz CT molecular complexity index is 1270. The van der Waals surface area contributed by atoms with Gasteiger partial charge in [-0.2, -0.15) is 15.0 Å². The van der Waals surface area contributed by atoms with Gasteiger partial charge in [-0.15, -0.1) is 0 Å². The molecule has 0 amide bonds. The van der Waals surface area contributed by atoms with Gasteiger partial charge in [0.15, 0.2) is 0 Å². The molecule has 1 aromatic heterocycles. The second-order valence-electron chi connectivity index (χ2n) is 8.03. The molecule has 0 aliphatic carbocycles. The first-order chi connectivity index (χ1) is 16.4. The maximum absolute atomic E-state index is 13.3. The number of benzene rings is 2. The van der Waals surface area contributed by atoms with Crippen molar-refractivity contribution >= 4 is 40.8 Å². The summed E-state index contributed by atoms with van der Waals surface area (Å²) in [5.41, 5.74) is 3.52. The fraction of sp³-hybridized carbons (Fsp3) is 0.240. The Morgan fingerprint density at radius 2 is 1.68 bits per heavy atom. The van der Waals surface area contributed by atoms with E-state index in [0.717, 1.165) is 17.1 Å². The van der Waals surface area contributed by atoms with E-state index in [1.54, 1.807) is 6.07 Å². The van der Waals surface area contributed by atoms with Crippen LogP contribution in [0.1, 0.15) is 30.8 Å². The number of aliphatic imine (C=N–C) groups is 1. The van der Waals surface area contributed by atoms with Gasteiger partial charge in [0, 0.05) is 24.9 Å². The van der Waals surface area contributed by atoms with Gasteiger partial charge in [0.2, 0.25) is 11.9 Å². The minimum atomic E-state index is -0.493. The van der Waals surface area contributed by atoms with Crippen LogP contribution in [-0.2, 0) is 24.1 Å². The lowest BCUT2D eigenvalue weighted by Crippen LogP contribution is -2.13. The van der Waals surface area contributed by atoms with Crippen LogP contribution in [-0.4, -0.2) is 33.1 Å². The number of hydrogen-bond donors (Lipinski definition) is 2. The highest BCUT2D eigenvalue weighted by molar-refractivity contribution is 6.30. The lowest BCUT2D eigenvalue weighted by Gasteiger charge is -2.10. The van der Waals surface area contributed by atoms with Crippen LogP contribution < -0.4 is 10.6 Å². The molecule has 174 valence electrons. The van der Waals surface area contributed by atoms with Gasteiger partial charge in [-0.3, -0.25) is 9.79 Å². The third kappa shape index (κ3) is 6.23. The van der Waals surface area contributed by atoms with Crippen molar-refractivity contribution in [3.8, 4) is 0 Å². The quantitative estimate of drug-likeness (QED) is 0.468. The molecule has 0 unspecified atom stereocenters. The second kappa shape index (κ2) is 10.5. The summed E-state index contributed by atoms with van der Waals surface area (Å²) in [5, 5.41) is 6.35. The molecule has 4 rings (SSSR count). The van der Waals surface area contributed by atoms with E-state index < -0.39 is 5.82 Å². The number of nitrogens with one attached hydrogen (secondary N) is 2. The van der Waals surface area contributed by atoms with Crippen LogP contribution in [0.4, 0.5) is 22.0 Å². The van der Waals surface area contributed by atoms with Gasteiger partial charge < -0.3 is 10.6 Å². The summed E-state index contributed by atoms with van der Waals surface area (Å²) in [4.78, 5) is 30.1. The summed E-state index contributed by atoms with van der Waals surface area (Å²) in [6.07, 6.45) is 3.09. The number of Topliss-reactive ketones (excluding diaryl/α,β-unsaturated/α-hetero) is 1. The predicted molar refractivity (Wildman–Crippen MR) is 132 cm³/mol. The van der Waals surface area contributed by atoms with Crippen LogP contribution in [0.5, 0.6) is 0 Å². The van der Waals surface area contributed by atoms with Crippen LogP contribution in [0.2, 0.25) is 5.02 Å². The van der Waals surface area contributed by atoms with Crippen LogP contribution >= 0.6 is 11.6 Å². The lowest BCUT2D eigenvalue weighted by atomic mass is 10.0. The van der Waals surface area contributed by atoms with E-state index in [0.29, 0.717) is 36.3 Å². The first-order valence-electron chi connectivity index (χ1n) is 10.9. The van der Waals surface area contributed by atoms with Crippen LogP contribution in [0, 0.1) is 5.82 Å². The zero-order chi connectivity index (χ0) is 24.1. The number of carbonyl (C=O) groups is 1. The van der Waals surface area contributed by atoms with Gasteiger partial charge in [-0.05, 0) is 54.0 Å². The van der Waals surface area contributed by atoms with E-state index in [1.165, 1.54) is 17.7 Å².